The summed E-state index contributed by atoms with van der Waals surface area (Å²) < 4.78 is 27.1. The van der Waals surface area contributed by atoms with Crippen LogP contribution in [-0.4, -0.2) is 21.5 Å². The molecular formula is C16H16F2N2O4. The van der Waals surface area contributed by atoms with Crippen LogP contribution in [-0.2, 0) is 4.84 Å². The molecule has 0 saturated carbocycles. The smallest absolute Gasteiger partial charge is 0.288 e. The van der Waals surface area contributed by atoms with Crippen molar-refractivity contribution in [3.05, 3.63) is 58.6 Å². The Morgan fingerprint density at radius 3 is 2.38 bits per heavy atom. The summed E-state index contributed by atoms with van der Waals surface area (Å²) in [5.41, 5.74) is -1.78. The molecule has 0 atom stereocenters. The highest BCUT2D eigenvalue weighted by Crippen LogP contribution is 2.27. The molecule has 0 bridgehead atoms. The van der Waals surface area contributed by atoms with E-state index in [4.69, 9.17) is 4.84 Å². The molecule has 1 aromatic heterocycles. The number of aromatic nitrogens is 1. The minimum atomic E-state index is -1.26. The number of pyridine rings is 1. The molecule has 0 aliphatic heterocycles. The summed E-state index contributed by atoms with van der Waals surface area (Å²) in [5.74, 6) is -3.64. The fourth-order valence-electron chi connectivity index (χ4n) is 1.83. The number of benzene rings is 1. The summed E-state index contributed by atoms with van der Waals surface area (Å²) in [6.45, 7) is 5.03. The Morgan fingerprint density at radius 1 is 1.17 bits per heavy atom. The minimum Gasteiger partial charge on any atom is -0.618 e. The molecule has 128 valence electrons. The number of halogens is 2. The number of phenols is 1. The van der Waals surface area contributed by atoms with Gasteiger partial charge in [0.15, 0.2) is 29.3 Å². The minimum absolute atomic E-state index is 0.279. The summed E-state index contributed by atoms with van der Waals surface area (Å²) in [4.78, 5) is 5.23. The highest BCUT2D eigenvalue weighted by molar-refractivity contribution is 6.13. The van der Waals surface area contributed by atoms with E-state index in [1.807, 2.05) is 0 Å². The molecule has 2 rings (SSSR count). The van der Waals surface area contributed by atoms with Gasteiger partial charge in [0.05, 0.1) is 5.56 Å². The van der Waals surface area contributed by atoms with E-state index in [2.05, 4.69) is 5.16 Å². The Hall–Kier alpha value is -2.90. The number of oxime groups is 1. The van der Waals surface area contributed by atoms with Gasteiger partial charge in [0.1, 0.15) is 11.4 Å². The van der Waals surface area contributed by atoms with E-state index in [0.717, 1.165) is 6.20 Å². The Morgan fingerprint density at radius 2 is 1.79 bits per heavy atom. The van der Waals surface area contributed by atoms with E-state index in [-0.39, 0.29) is 21.7 Å². The van der Waals surface area contributed by atoms with Crippen LogP contribution in [0.5, 0.6) is 11.5 Å². The number of rotatable bonds is 3. The lowest BCUT2D eigenvalue weighted by molar-refractivity contribution is -0.607. The van der Waals surface area contributed by atoms with Crippen LogP contribution in [0.3, 0.4) is 0 Å². The highest BCUT2D eigenvalue weighted by atomic mass is 19.2. The first-order valence-corrected chi connectivity index (χ1v) is 6.96. The van der Waals surface area contributed by atoms with Crippen LogP contribution in [0.25, 0.3) is 0 Å². The van der Waals surface area contributed by atoms with Gasteiger partial charge in [-0.25, -0.2) is 8.78 Å². The highest BCUT2D eigenvalue weighted by Gasteiger charge is 2.27. The Bertz CT molecular complexity index is 781. The van der Waals surface area contributed by atoms with Gasteiger partial charge in [-0.05, 0) is 32.9 Å². The average molecular weight is 338 g/mol. The van der Waals surface area contributed by atoms with Gasteiger partial charge < -0.3 is 20.3 Å². The average Bonchev–Trinajstić information content (AvgIpc) is 2.45. The van der Waals surface area contributed by atoms with Crippen molar-refractivity contribution in [2.75, 3.05) is 0 Å². The first kappa shape index (κ1) is 17.5. The van der Waals surface area contributed by atoms with Crippen molar-refractivity contribution in [2.45, 2.75) is 26.4 Å². The van der Waals surface area contributed by atoms with Crippen LogP contribution >= 0.6 is 0 Å². The first-order valence-electron chi connectivity index (χ1n) is 6.96. The van der Waals surface area contributed by atoms with E-state index < -0.39 is 28.7 Å². The standard InChI is InChI=1S/C16H16F2N2O4/c1-16(2,3)24-19-14(15-12(21)5-4-6-20(15)23)9-7-10(17)11(18)8-13(9)22/h4-8,21-22H,1-3H3. The third kappa shape index (κ3) is 3.70. The van der Waals surface area contributed by atoms with Gasteiger partial charge >= 0.3 is 0 Å². The molecule has 8 heteroatoms. The third-order valence-corrected chi connectivity index (χ3v) is 2.87. The number of nitrogens with zero attached hydrogens (tertiary/aromatic N) is 2. The van der Waals surface area contributed by atoms with Crippen molar-refractivity contribution in [1.29, 1.82) is 0 Å². The number of aromatic hydroxyl groups is 2. The quantitative estimate of drug-likeness (QED) is 0.390. The zero-order valence-electron chi connectivity index (χ0n) is 13.2. The molecule has 0 saturated heterocycles. The number of hydrogen-bond donors (Lipinski definition) is 2. The maximum absolute atomic E-state index is 13.6. The van der Waals surface area contributed by atoms with Gasteiger partial charge in [-0.3, -0.25) is 0 Å². The van der Waals surface area contributed by atoms with Gasteiger partial charge in [-0.15, -0.1) is 0 Å². The molecule has 0 aliphatic rings. The Labute approximate surface area is 136 Å². The monoisotopic (exact) mass is 338 g/mol. The largest absolute Gasteiger partial charge is 0.618 e. The normalized spacial score (nSPS) is 12.3. The van der Waals surface area contributed by atoms with Crippen LogP contribution in [0.2, 0.25) is 0 Å². The van der Waals surface area contributed by atoms with Crippen molar-refractivity contribution < 1.29 is 28.6 Å². The molecule has 2 aromatic rings. The summed E-state index contributed by atoms with van der Waals surface area (Å²) in [5, 5.41) is 35.7. The van der Waals surface area contributed by atoms with E-state index in [1.165, 1.54) is 12.1 Å². The van der Waals surface area contributed by atoms with Crippen LogP contribution < -0.4 is 4.73 Å². The van der Waals surface area contributed by atoms with Crippen LogP contribution in [0.4, 0.5) is 8.78 Å². The van der Waals surface area contributed by atoms with Gasteiger partial charge in [0.2, 0.25) is 0 Å². The molecule has 0 aliphatic carbocycles. The van der Waals surface area contributed by atoms with E-state index in [9.17, 15) is 24.2 Å². The molecule has 0 radical (unpaired) electrons. The van der Waals surface area contributed by atoms with Gasteiger partial charge in [-0.1, -0.05) is 5.16 Å². The van der Waals surface area contributed by atoms with E-state index in [1.54, 1.807) is 20.8 Å². The second-order valence-corrected chi connectivity index (χ2v) is 5.99. The predicted octanol–water partition coefficient (Wildman–Crippen LogP) is 2.58. The topological polar surface area (TPSA) is 89.0 Å². The van der Waals surface area contributed by atoms with Crippen molar-refractivity contribution in [3.8, 4) is 11.5 Å². The van der Waals surface area contributed by atoms with E-state index >= 15 is 0 Å². The van der Waals surface area contributed by atoms with Gasteiger partial charge in [-0.2, -0.15) is 4.73 Å². The van der Waals surface area contributed by atoms with E-state index in [0.29, 0.717) is 12.1 Å². The molecule has 0 spiro atoms. The summed E-state index contributed by atoms with van der Waals surface area (Å²) >= 11 is 0. The lowest BCUT2D eigenvalue weighted by atomic mass is 10.0. The molecule has 1 heterocycles. The van der Waals surface area contributed by atoms with Crippen LogP contribution in [0.1, 0.15) is 32.0 Å². The molecular weight excluding hydrogens is 322 g/mol. The molecule has 2 N–H and O–H groups in total. The lowest BCUT2D eigenvalue weighted by Crippen LogP contribution is -2.35. The van der Waals surface area contributed by atoms with Crippen molar-refractivity contribution in [1.82, 2.24) is 0 Å². The van der Waals surface area contributed by atoms with Crippen molar-refractivity contribution >= 4 is 5.71 Å². The number of phenolic OH excluding ortho intramolecular Hbond substituents is 1. The van der Waals surface area contributed by atoms with Gasteiger partial charge in [0, 0.05) is 12.1 Å². The Kier molecular flexibility index (Phi) is 4.59. The van der Waals surface area contributed by atoms with Crippen LogP contribution in [0.15, 0.2) is 35.6 Å². The SMILES string of the molecule is CC(C)(C)ON=C(c1cc(F)c(F)cc1O)c1c(O)ccc[n+]1[O-]. The lowest BCUT2D eigenvalue weighted by Gasteiger charge is -2.17. The zero-order valence-corrected chi connectivity index (χ0v) is 13.2. The Balaban J connectivity index is 2.72. The summed E-state index contributed by atoms with van der Waals surface area (Å²) in [7, 11) is 0. The molecule has 0 amide bonds. The predicted molar refractivity (Wildman–Crippen MR) is 81.6 cm³/mol. The van der Waals surface area contributed by atoms with Crippen molar-refractivity contribution in [3.63, 3.8) is 0 Å². The summed E-state index contributed by atoms with van der Waals surface area (Å²) in [6.07, 6.45) is 1.08. The summed E-state index contributed by atoms with van der Waals surface area (Å²) in [6, 6.07) is 3.72. The first-order chi connectivity index (χ1) is 11.1. The van der Waals surface area contributed by atoms with Crippen molar-refractivity contribution in [2.24, 2.45) is 5.16 Å². The van der Waals surface area contributed by atoms with Gasteiger partial charge in [0.25, 0.3) is 5.69 Å². The fourth-order valence-corrected chi connectivity index (χ4v) is 1.83. The molecule has 6 nitrogen and oxygen atoms in total. The molecule has 1 aromatic carbocycles. The number of hydrogen-bond acceptors (Lipinski definition) is 5. The van der Waals surface area contributed by atoms with Crippen LogP contribution in [0, 0.1) is 16.8 Å². The maximum Gasteiger partial charge on any atom is 0.288 e. The zero-order chi connectivity index (χ0) is 18.1. The second-order valence-electron chi connectivity index (χ2n) is 5.99. The second kappa shape index (κ2) is 6.31. The molecule has 24 heavy (non-hydrogen) atoms. The fraction of sp³-hybridized carbons (Fsp3) is 0.250. The molecule has 0 unspecified atom stereocenters. The molecule has 0 fully saturated rings. The maximum atomic E-state index is 13.6. The third-order valence-electron chi connectivity index (χ3n) is 2.87.